The largest absolute Gasteiger partial charge is 0.478 e. The molecule has 0 bridgehead atoms. The molecular weight excluding hydrogens is 1960 g/mol. The SMILES string of the molecule is CC(C)(C)OC(=O)N1C=C[C@@H](c2ccc(F)c(F)c2F)[C@H]([N+](=O)[O-])C1.CC(C)(C)OC(=O)N1CC[C@@H](c2ccc(F)c(F)c2F)[C@H](N)C1.CC(C)(C)OC(=O)N1CC[C@@H](c2ccc(F)c(F)c2F)[C@H]([N+](=O)[O-])C1.CC(C)(C)OC(=O)NCC[N+](=O)[O-].CCC(CC)CC.CCO.C[Si](C)(C)OC(c1ccccc1)(c1ccccc1)C1CCCN1.O.O=C(O)c1ccccc1.O=C/C=C/c1ccc(F)c(F)c1F.[Fe]. The number of nitrogens with zero attached hydrogens (tertiary/aromatic N) is 6. The molecule has 43 heteroatoms. The average molecular weight is 2090 g/mol. The minimum atomic E-state index is -1.77. The van der Waals surface area contributed by atoms with E-state index in [0.717, 1.165) is 72.3 Å². The van der Waals surface area contributed by atoms with Crippen LogP contribution in [0.25, 0.3) is 6.08 Å². The minimum Gasteiger partial charge on any atom is -0.478 e. The molecule has 4 amide bonds. The molecule has 0 saturated carbocycles. The van der Waals surface area contributed by atoms with Crippen molar-refractivity contribution < 1.29 is 152 Å². The molecule has 4 heterocycles. The number of hydrogen-bond acceptors (Lipinski definition) is 20. The molecule has 1 unspecified atom stereocenters. The van der Waals surface area contributed by atoms with Gasteiger partial charge in [-0.25, -0.2) is 76.7 Å². The molecule has 0 aromatic heterocycles. The number of nitrogens with two attached hydrogens (primary N) is 1. The molecule has 7 atom stereocenters. The van der Waals surface area contributed by atoms with E-state index < -0.39 is 187 Å². The fourth-order valence-corrected chi connectivity index (χ4v) is 15.8. The van der Waals surface area contributed by atoms with Crippen molar-refractivity contribution in [3.63, 3.8) is 0 Å². The van der Waals surface area contributed by atoms with E-state index in [1.54, 1.807) is 120 Å². The van der Waals surface area contributed by atoms with Crippen molar-refractivity contribution in [2.24, 2.45) is 11.7 Å². The Labute approximate surface area is 837 Å². The van der Waals surface area contributed by atoms with Crippen LogP contribution >= 0.6 is 0 Å². The molecule has 0 aliphatic carbocycles. The molecule has 4 aliphatic rings. The summed E-state index contributed by atoms with van der Waals surface area (Å²) in [6, 6.07) is 34.1. The van der Waals surface area contributed by atoms with Gasteiger partial charge in [-0.15, -0.1) is 0 Å². The van der Waals surface area contributed by atoms with Crippen LogP contribution in [0.15, 0.2) is 158 Å². The Morgan fingerprint density at radius 3 is 1.29 bits per heavy atom. The third-order valence-electron chi connectivity index (χ3n) is 20.9. The number of carbonyl (C=O) groups is 6. The van der Waals surface area contributed by atoms with Gasteiger partial charge >= 0.3 is 30.3 Å². The van der Waals surface area contributed by atoms with Crippen LogP contribution in [-0.2, 0) is 50.8 Å². The summed E-state index contributed by atoms with van der Waals surface area (Å²) in [5.41, 5.74) is 5.00. The number of carbonyl (C=O) groups excluding carboxylic acids is 5. The van der Waals surface area contributed by atoms with Crippen molar-refractivity contribution in [2.45, 2.75) is 245 Å². The van der Waals surface area contributed by atoms with Crippen LogP contribution in [0.3, 0.4) is 0 Å². The molecule has 143 heavy (non-hydrogen) atoms. The van der Waals surface area contributed by atoms with Crippen molar-refractivity contribution in [3.05, 3.63) is 297 Å². The minimum absolute atomic E-state index is 0. The molecule has 3 fully saturated rings. The number of aldehydes is 1. The topological polar surface area (TPSA) is 410 Å². The smallest absolute Gasteiger partial charge is 0.414 e. The Morgan fingerprint density at radius 2 is 0.923 bits per heavy atom. The first kappa shape index (κ1) is 129. The number of carboxylic acid groups (broad SMARTS) is 1. The zero-order valence-electron chi connectivity index (χ0n) is 83.6. The van der Waals surface area contributed by atoms with E-state index in [0.29, 0.717) is 36.9 Å². The predicted octanol–water partition coefficient (Wildman–Crippen LogP) is 21.3. The maximum atomic E-state index is 14.0. The molecule has 8 N–H and O–H groups in total. The van der Waals surface area contributed by atoms with Crippen LogP contribution in [-0.4, -0.2) is 196 Å². The van der Waals surface area contributed by atoms with E-state index in [1.807, 2.05) is 0 Å². The number of rotatable bonds is 19. The van der Waals surface area contributed by atoms with Gasteiger partial charge in [0.25, 0.3) is 0 Å². The Bertz CT molecular complexity index is 5220. The quantitative estimate of drug-likeness (QED) is 0.00733. The summed E-state index contributed by atoms with van der Waals surface area (Å²) < 4.78 is 187. The van der Waals surface area contributed by atoms with Crippen LogP contribution in [0.4, 0.5) is 71.9 Å². The van der Waals surface area contributed by atoms with Gasteiger partial charge in [0, 0.05) is 99.0 Å². The number of amides is 4. The van der Waals surface area contributed by atoms with Gasteiger partial charge in [-0.05, 0) is 219 Å². The molecule has 4 aliphatic heterocycles. The Morgan fingerprint density at radius 1 is 0.531 bits per heavy atom. The number of nitro groups is 3. The first-order valence-electron chi connectivity index (χ1n) is 45.5. The second-order valence-corrected chi connectivity index (χ2v) is 41.9. The number of benzene rings is 7. The number of hydrogen-bond donors (Lipinski definition) is 5. The summed E-state index contributed by atoms with van der Waals surface area (Å²) in [5.74, 6) is -19.5. The van der Waals surface area contributed by atoms with Crippen LogP contribution in [0, 0.1) is 106 Å². The molecule has 11 rings (SSSR count). The van der Waals surface area contributed by atoms with E-state index in [2.05, 4.69) is 112 Å². The normalized spacial score (nSPS) is 17.0. The van der Waals surface area contributed by atoms with E-state index in [1.165, 1.54) is 65.0 Å². The number of ether oxygens (including phenoxy) is 4. The monoisotopic (exact) mass is 2090 g/mol. The van der Waals surface area contributed by atoms with Crippen LogP contribution in [0.1, 0.15) is 217 Å². The number of piperidine rings is 2. The Hall–Kier alpha value is -11.9. The van der Waals surface area contributed by atoms with Crippen LogP contribution in [0.5, 0.6) is 0 Å². The number of carboxylic acids is 1. The summed E-state index contributed by atoms with van der Waals surface area (Å²) in [4.78, 5) is 102. The van der Waals surface area contributed by atoms with Gasteiger partial charge in [0.2, 0.25) is 18.6 Å². The summed E-state index contributed by atoms with van der Waals surface area (Å²) >= 11 is 0. The first-order chi connectivity index (χ1) is 65.7. The maximum Gasteiger partial charge on any atom is 0.414 e. The first-order valence-corrected chi connectivity index (χ1v) is 48.9. The van der Waals surface area contributed by atoms with Crippen LogP contribution in [0.2, 0.25) is 19.6 Å². The number of allylic oxidation sites excluding steroid dienone is 1. The van der Waals surface area contributed by atoms with Gasteiger partial charge in [-0.2, -0.15) is 0 Å². The molecule has 7 aromatic rings. The number of aliphatic hydroxyl groups is 1. The van der Waals surface area contributed by atoms with Crippen molar-refractivity contribution in [1.82, 2.24) is 25.3 Å². The zero-order valence-corrected chi connectivity index (χ0v) is 85.7. The van der Waals surface area contributed by atoms with Crippen LogP contribution < -0.4 is 16.4 Å². The number of likely N-dealkylation sites (tertiary alicyclic amines) is 2. The van der Waals surface area contributed by atoms with E-state index in [9.17, 15) is 112 Å². The number of aromatic carboxylic acids is 1. The molecule has 794 valence electrons. The molecule has 0 radical (unpaired) electrons. The average Bonchev–Trinajstić information content (AvgIpc) is 1.74. The standard InChI is InChI=1S/C20H27NOSi.C16H19F3N2O4.C16H17F3N2O4.C16H21F3N2O2.C9H5F3O.C7H14N2O4.C7H6O2.C7H16.C2H6O.Fe.H2O/c1-23(2,3)22-20(19-15-10-16-21-19,17-11-6-4-7-12-17)18-13-8-5-9-14-18;2*1-16(2,3)25-15(22)20-7-6-9(12(8-20)21(23)24)10-4-5-11(17)14(19)13(10)18;1-16(2,3)23-15(22)21-7-6-9(12(20)8-21)10-4-5-11(17)14(19)13(10)18;10-7-4-3-6(2-1-5-13)8(11)9(7)12;1-7(2,3)13-6(10)8-4-5-9(11)12;8-7(9)6-4-2-1-3-5-6;1-4-7(5-2)6-3;1-2-3;;/h4-9,11-14,19,21H,10,15-16H2,1-3H3;4-5,9,12H,6-8H2,1-3H3;4-7,9,12H,8H2,1-3H3;4-5,9,12H,6-8,20H2,1-3H3;1-5H;4-5H2,1-3H3,(H,8,10);1-5H,(H,8,9);7H,4-6H2,1-3H3;3H,2H2,1H3;;1H2/b;;;;2-1+;;;;;;/t;3*9-,12+;;;;;;;/m.000......./s1. The van der Waals surface area contributed by atoms with E-state index >= 15 is 0 Å². The van der Waals surface area contributed by atoms with E-state index in [-0.39, 0.29) is 97.1 Å². The fraction of sp³-hybridized carbons (Fsp3) is 0.480. The molecular formula is C100H133F12FeN9O20Si. The molecule has 7 aromatic carbocycles. The number of nitrogens with one attached hydrogen (secondary N) is 2. The number of alkyl carbamates (subject to hydrolysis) is 1. The van der Waals surface area contributed by atoms with Crippen molar-refractivity contribution in [1.29, 1.82) is 0 Å². The van der Waals surface area contributed by atoms with Crippen molar-refractivity contribution in [3.8, 4) is 0 Å². The van der Waals surface area contributed by atoms with E-state index in [4.69, 9.17) is 39.3 Å². The predicted molar refractivity (Wildman–Crippen MR) is 514 cm³/mol. The van der Waals surface area contributed by atoms with Gasteiger partial charge in [0.05, 0.1) is 37.0 Å². The fourth-order valence-electron chi connectivity index (χ4n) is 14.4. The third-order valence-corrected chi connectivity index (χ3v) is 21.8. The van der Waals surface area contributed by atoms with Gasteiger partial charge in [0.15, 0.2) is 78.1 Å². The third kappa shape index (κ3) is 43.3. The second kappa shape index (κ2) is 60.7. The Balaban J connectivity index is 0.000000834. The molecule has 29 nitrogen and oxygen atoms in total. The van der Waals surface area contributed by atoms with Gasteiger partial charge in [-0.3, -0.25) is 40.0 Å². The molecule has 3 saturated heterocycles. The number of halogens is 12. The summed E-state index contributed by atoms with van der Waals surface area (Å²) in [5, 5.41) is 54.6. The van der Waals surface area contributed by atoms with Crippen molar-refractivity contribution >= 4 is 51.0 Å². The van der Waals surface area contributed by atoms with Gasteiger partial charge < -0.3 is 65.2 Å². The zero-order chi connectivity index (χ0) is 107. The molecule has 0 spiro atoms. The Kier molecular flexibility index (Phi) is 54.8. The summed E-state index contributed by atoms with van der Waals surface area (Å²) in [7, 11) is -1.77. The summed E-state index contributed by atoms with van der Waals surface area (Å²) in [6.07, 6.45) is 9.09. The number of aliphatic hydroxyl groups excluding tert-OH is 1. The van der Waals surface area contributed by atoms with Gasteiger partial charge in [-0.1, -0.05) is 143 Å². The van der Waals surface area contributed by atoms with Crippen molar-refractivity contribution in [2.75, 3.05) is 59.0 Å². The summed E-state index contributed by atoms with van der Waals surface area (Å²) in [6.45, 7) is 36.6. The second-order valence-electron chi connectivity index (χ2n) is 37.5. The van der Waals surface area contributed by atoms with Gasteiger partial charge in [0.1, 0.15) is 34.3 Å². The maximum absolute atomic E-state index is 14.0.